The molecule has 0 bridgehead atoms. The Morgan fingerprint density at radius 2 is 2.29 bits per heavy atom. The lowest BCUT2D eigenvalue weighted by Gasteiger charge is -2.18. The van der Waals surface area contributed by atoms with Crippen LogP contribution < -0.4 is 5.73 Å². The van der Waals surface area contributed by atoms with Gasteiger partial charge in [0.15, 0.2) is 0 Å². The van der Waals surface area contributed by atoms with Crippen molar-refractivity contribution < 1.29 is 13.2 Å². The quantitative estimate of drug-likeness (QED) is 0.560. The number of hydrogen-bond donors (Lipinski definition) is 1. The standard InChI is InChI=1S/C13H19N3O3S2/c1-16(7-8-19-9-10-4-5-10)21(17,18)11-3-2-6-15-12(11)13(14)20/h2-3,6,10H,4-5,7-9H2,1H3,(H2,14,20). The van der Waals surface area contributed by atoms with Crippen LogP contribution in [-0.4, -0.2) is 49.5 Å². The van der Waals surface area contributed by atoms with Gasteiger partial charge >= 0.3 is 0 Å². The predicted molar refractivity (Wildman–Crippen MR) is 83.5 cm³/mol. The third-order valence-corrected chi connectivity index (χ3v) is 5.38. The zero-order chi connectivity index (χ0) is 15.5. The van der Waals surface area contributed by atoms with Gasteiger partial charge in [0.25, 0.3) is 0 Å². The highest BCUT2D eigenvalue weighted by atomic mass is 32.2. The summed E-state index contributed by atoms with van der Waals surface area (Å²) in [7, 11) is -2.17. The van der Waals surface area contributed by atoms with Gasteiger partial charge < -0.3 is 10.5 Å². The zero-order valence-corrected chi connectivity index (χ0v) is 13.5. The Kier molecular flexibility index (Phi) is 5.26. The van der Waals surface area contributed by atoms with Gasteiger partial charge in [-0.15, -0.1) is 0 Å². The van der Waals surface area contributed by atoms with Gasteiger partial charge in [-0.25, -0.2) is 8.42 Å². The van der Waals surface area contributed by atoms with Gasteiger partial charge in [-0.3, -0.25) is 4.98 Å². The van der Waals surface area contributed by atoms with Crippen LogP contribution in [0.15, 0.2) is 23.2 Å². The summed E-state index contributed by atoms with van der Waals surface area (Å²) in [6.07, 6.45) is 3.88. The minimum Gasteiger partial charge on any atom is -0.388 e. The van der Waals surface area contributed by atoms with Gasteiger partial charge in [-0.1, -0.05) is 12.2 Å². The Bertz CT molecular complexity index is 615. The minimum absolute atomic E-state index is 0.0298. The van der Waals surface area contributed by atoms with E-state index in [9.17, 15) is 8.42 Å². The SMILES string of the molecule is CN(CCOCC1CC1)S(=O)(=O)c1cccnc1C(N)=S. The first-order valence-corrected chi connectivity index (χ1v) is 8.56. The summed E-state index contributed by atoms with van der Waals surface area (Å²) in [4.78, 5) is 3.95. The summed E-state index contributed by atoms with van der Waals surface area (Å²) in [5, 5.41) is 0. The van der Waals surface area contributed by atoms with E-state index in [1.807, 2.05) is 0 Å². The summed E-state index contributed by atoms with van der Waals surface area (Å²) < 4.78 is 31.7. The number of pyridine rings is 1. The van der Waals surface area contributed by atoms with Crippen LogP contribution in [-0.2, 0) is 14.8 Å². The normalized spacial score (nSPS) is 15.3. The summed E-state index contributed by atoms with van der Waals surface area (Å²) in [6.45, 7) is 1.36. The molecule has 1 heterocycles. The fourth-order valence-electron chi connectivity index (χ4n) is 1.80. The fourth-order valence-corrected chi connectivity index (χ4v) is 3.33. The van der Waals surface area contributed by atoms with Crippen LogP contribution in [0.5, 0.6) is 0 Å². The summed E-state index contributed by atoms with van der Waals surface area (Å²) >= 11 is 4.85. The molecule has 6 nitrogen and oxygen atoms in total. The highest BCUT2D eigenvalue weighted by Crippen LogP contribution is 2.28. The average Bonchev–Trinajstić information content (AvgIpc) is 3.27. The van der Waals surface area contributed by atoms with Crippen molar-refractivity contribution in [1.29, 1.82) is 0 Å². The molecular formula is C13H19N3O3S2. The molecule has 21 heavy (non-hydrogen) atoms. The molecular weight excluding hydrogens is 310 g/mol. The smallest absolute Gasteiger partial charge is 0.245 e. The summed E-state index contributed by atoms with van der Waals surface area (Å²) in [5.41, 5.74) is 5.66. The molecule has 0 aromatic carbocycles. The lowest BCUT2D eigenvalue weighted by Crippen LogP contribution is -2.32. The monoisotopic (exact) mass is 329 g/mol. The van der Waals surface area contributed by atoms with Crippen LogP contribution in [0.1, 0.15) is 18.5 Å². The number of hydrogen-bond acceptors (Lipinski definition) is 5. The average molecular weight is 329 g/mol. The minimum atomic E-state index is -3.68. The second kappa shape index (κ2) is 6.78. The number of likely N-dealkylation sites (N-methyl/N-ethyl adjacent to an activating group) is 1. The van der Waals surface area contributed by atoms with E-state index in [1.54, 1.807) is 6.07 Å². The van der Waals surface area contributed by atoms with Gasteiger partial charge in [0.05, 0.1) is 6.61 Å². The summed E-state index contributed by atoms with van der Waals surface area (Å²) in [5.74, 6) is 0.659. The van der Waals surface area contributed by atoms with Crippen molar-refractivity contribution in [1.82, 2.24) is 9.29 Å². The van der Waals surface area contributed by atoms with E-state index in [0.717, 1.165) is 0 Å². The molecule has 0 aliphatic heterocycles. The van der Waals surface area contributed by atoms with E-state index in [1.165, 1.54) is 36.5 Å². The van der Waals surface area contributed by atoms with Crippen LogP contribution in [0.4, 0.5) is 0 Å². The number of rotatable bonds is 8. The van der Waals surface area contributed by atoms with Crippen molar-refractivity contribution >= 4 is 27.2 Å². The third-order valence-electron chi connectivity index (χ3n) is 3.29. The Morgan fingerprint density at radius 3 is 2.90 bits per heavy atom. The molecule has 0 unspecified atom stereocenters. The Hall–Kier alpha value is -1.09. The van der Waals surface area contributed by atoms with Gasteiger partial charge in [0.2, 0.25) is 10.0 Å². The highest BCUT2D eigenvalue weighted by molar-refractivity contribution is 7.89. The van der Waals surface area contributed by atoms with Crippen molar-refractivity contribution in [3.63, 3.8) is 0 Å². The van der Waals surface area contributed by atoms with Crippen LogP contribution >= 0.6 is 12.2 Å². The third kappa shape index (κ3) is 4.19. The molecule has 1 saturated carbocycles. The molecule has 0 amide bonds. The first kappa shape index (κ1) is 16.3. The van der Waals surface area contributed by atoms with Gasteiger partial charge in [-0.2, -0.15) is 4.31 Å². The molecule has 1 aromatic rings. The van der Waals surface area contributed by atoms with Crippen LogP contribution in [0, 0.1) is 5.92 Å². The number of ether oxygens (including phenoxy) is 1. The topological polar surface area (TPSA) is 85.5 Å². The molecule has 1 fully saturated rings. The second-order valence-electron chi connectivity index (χ2n) is 5.06. The number of sulfonamides is 1. The molecule has 1 aliphatic carbocycles. The lowest BCUT2D eigenvalue weighted by molar-refractivity contribution is 0.117. The van der Waals surface area contributed by atoms with Gasteiger partial charge in [0, 0.05) is 26.4 Å². The fraction of sp³-hybridized carbons (Fsp3) is 0.538. The molecule has 1 aliphatic rings. The van der Waals surface area contributed by atoms with Crippen molar-refractivity contribution in [3.8, 4) is 0 Å². The Balaban J connectivity index is 2.03. The van der Waals surface area contributed by atoms with Crippen LogP contribution in [0.25, 0.3) is 0 Å². The second-order valence-corrected chi connectivity index (χ2v) is 7.51. The first-order chi connectivity index (χ1) is 9.93. The maximum atomic E-state index is 12.5. The molecule has 0 saturated heterocycles. The largest absolute Gasteiger partial charge is 0.388 e. The van der Waals surface area contributed by atoms with Crippen molar-refractivity contribution in [2.75, 3.05) is 26.8 Å². The molecule has 116 valence electrons. The van der Waals surface area contributed by atoms with Crippen molar-refractivity contribution in [3.05, 3.63) is 24.0 Å². The number of nitrogens with two attached hydrogens (primary N) is 1. The maximum absolute atomic E-state index is 12.5. The molecule has 2 rings (SSSR count). The number of aromatic nitrogens is 1. The Morgan fingerprint density at radius 1 is 1.57 bits per heavy atom. The maximum Gasteiger partial charge on any atom is 0.245 e. The van der Waals surface area contributed by atoms with Gasteiger partial charge in [0.1, 0.15) is 15.6 Å². The van der Waals surface area contributed by atoms with Crippen LogP contribution in [0.3, 0.4) is 0 Å². The molecule has 2 N–H and O–H groups in total. The Labute approximate surface area is 130 Å². The highest BCUT2D eigenvalue weighted by Gasteiger charge is 2.26. The van der Waals surface area contributed by atoms with E-state index in [4.69, 9.17) is 22.7 Å². The summed E-state index contributed by atoms with van der Waals surface area (Å²) in [6, 6.07) is 3.00. The number of nitrogens with zero attached hydrogens (tertiary/aromatic N) is 2. The van der Waals surface area contributed by atoms with E-state index in [-0.39, 0.29) is 22.1 Å². The van der Waals surface area contributed by atoms with Crippen molar-refractivity contribution in [2.24, 2.45) is 11.7 Å². The van der Waals surface area contributed by atoms with Gasteiger partial charge in [-0.05, 0) is 30.9 Å². The number of thiocarbonyl (C=S) groups is 1. The van der Waals surface area contributed by atoms with Crippen LogP contribution in [0.2, 0.25) is 0 Å². The predicted octanol–water partition coefficient (Wildman–Crippen LogP) is 0.763. The molecule has 0 radical (unpaired) electrons. The zero-order valence-electron chi connectivity index (χ0n) is 11.9. The van der Waals surface area contributed by atoms with Crippen molar-refractivity contribution in [2.45, 2.75) is 17.7 Å². The molecule has 0 spiro atoms. The van der Waals surface area contributed by atoms with E-state index >= 15 is 0 Å². The molecule has 1 aromatic heterocycles. The van der Waals surface area contributed by atoms with E-state index in [2.05, 4.69) is 4.98 Å². The van der Waals surface area contributed by atoms with E-state index < -0.39 is 10.0 Å². The molecule has 8 heteroatoms. The lowest BCUT2D eigenvalue weighted by atomic mass is 10.3. The first-order valence-electron chi connectivity index (χ1n) is 6.72. The van der Waals surface area contributed by atoms with E-state index in [0.29, 0.717) is 19.1 Å². The molecule has 0 atom stereocenters.